The van der Waals surface area contributed by atoms with Gasteiger partial charge in [-0.25, -0.2) is 9.59 Å². The fourth-order valence-electron chi connectivity index (χ4n) is 4.99. The molecule has 37 heavy (non-hydrogen) atoms. The summed E-state index contributed by atoms with van der Waals surface area (Å²) in [7, 11) is 0. The van der Waals surface area contributed by atoms with E-state index in [-0.39, 0.29) is 16.5 Å². The third-order valence-corrected chi connectivity index (χ3v) is 6.86. The molecule has 0 aliphatic carbocycles. The van der Waals surface area contributed by atoms with Gasteiger partial charge in [0.05, 0.1) is 10.8 Å². The molecule has 0 saturated carbocycles. The van der Waals surface area contributed by atoms with Crippen LogP contribution in [0.4, 0.5) is 5.69 Å². The fourth-order valence-corrected chi connectivity index (χ4v) is 4.99. The average Bonchev–Trinajstić information content (AvgIpc) is 2.90. The van der Waals surface area contributed by atoms with Crippen molar-refractivity contribution in [3.8, 4) is 0 Å². The van der Waals surface area contributed by atoms with E-state index in [2.05, 4.69) is 40.1 Å². The Kier molecular flexibility index (Phi) is 10.1. The third-order valence-electron chi connectivity index (χ3n) is 6.86. The molecule has 1 unspecified atom stereocenters. The first kappa shape index (κ1) is 27.8. The molecule has 2 N–H and O–H groups in total. The molecule has 2 fully saturated rings. The highest BCUT2D eigenvalue weighted by Gasteiger charge is 2.31. The van der Waals surface area contributed by atoms with Gasteiger partial charge in [0.1, 0.15) is 0 Å². The van der Waals surface area contributed by atoms with Crippen molar-refractivity contribution in [2.75, 3.05) is 26.2 Å². The van der Waals surface area contributed by atoms with Gasteiger partial charge in [0, 0.05) is 38.3 Å². The van der Waals surface area contributed by atoms with Crippen molar-refractivity contribution in [2.24, 2.45) is 11.8 Å². The van der Waals surface area contributed by atoms with Crippen LogP contribution in [0, 0.1) is 22.0 Å². The molecule has 0 aromatic heterocycles. The van der Waals surface area contributed by atoms with Crippen LogP contribution in [0.2, 0.25) is 0 Å². The van der Waals surface area contributed by atoms with E-state index in [1.165, 1.54) is 11.6 Å². The first-order chi connectivity index (χ1) is 17.7. The normalized spacial score (nSPS) is 18.4. The topological polar surface area (TPSA) is 141 Å². The van der Waals surface area contributed by atoms with Crippen LogP contribution >= 0.6 is 0 Å². The smallest absolute Gasteiger partial charge is 0.414 e. The van der Waals surface area contributed by atoms with E-state index in [1.54, 1.807) is 12.1 Å². The van der Waals surface area contributed by atoms with Gasteiger partial charge in [0.2, 0.25) is 5.91 Å². The van der Waals surface area contributed by atoms with E-state index >= 15 is 0 Å². The van der Waals surface area contributed by atoms with Gasteiger partial charge in [-0.2, -0.15) is 0 Å². The van der Waals surface area contributed by atoms with E-state index in [1.807, 2.05) is 6.07 Å². The zero-order valence-electron chi connectivity index (χ0n) is 20.7. The van der Waals surface area contributed by atoms with Gasteiger partial charge in [-0.05, 0) is 55.7 Å². The number of aliphatic carboxylic acids is 2. The summed E-state index contributed by atoms with van der Waals surface area (Å²) < 4.78 is 0. The number of likely N-dealkylation sites (tertiary alicyclic amines) is 2. The molecule has 2 aliphatic heterocycles. The number of hydrogen-bond acceptors (Lipinski definition) is 6. The van der Waals surface area contributed by atoms with Gasteiger partial charge in [0.25, 0.3) is 5.69 Å². The third kappa shape index (κ3) is 8.68. The van der Waals surface area contributed by atoms with Crippen LogP contribution in [0.5, 0.6) is 0 Å². The molecule has 2 aromatic carbocycles. The van der Waals surface area contributed by atoms with Crippen LogP contribution in [0.1, 0.15) is 36.8 Å². The largest absolute Gasteiger partial charge is 0.473 e. The standard InChI is InChI=1S/C25H31N3O3.C2H2O4/c29-25(27-14-11-21(12-15-27)16-20-6-2-1-3-7-20)23-9-5-13-26(19-23)18-22-8-4-10-24(17-22)28(30)31;3-1(4)2(5)6/h1-4,6-8,10,17,21,23H,5,9,11-16,18-19H2;(H,3,4)(H,5,6). The molecule has 1 atom stereocenters. The summed E-state index contributed by atoms with van der Waals surface area (Å²) in [5.41, 5.74) is 2.45. The molecule has 4 rings (SSSR count). The van der Waals surface area contributed by atoms with Gasteiger partial charge in [-0.1, -0.05) is 42.5 Å². The lowest BCUT2D eigenvalue weighted by molar-refractivity contribution is -0.384. The van der Waals surface area contributed by atoms with Gasteiger partial charge < -0.3 is 15.1 Å². The summed E-state index contributed by atoms with van der Waals surface area (Å²) in [6.45, 7) is 4.05. The van der Waals surface area contributed by atoms with Crippen LogP contribution in [0.25, 0.3) is 0 Å². The summed E-state index contributed by atoms with van der Waals surface area (Å²) in [5, 5.41) is 25.8. The number of piperidine rings is 2. The van der Waals surface area contributed by atoms with Crippen LogP contribution in [-0.4, -0.2) is 69.0 Å². The van der Waals surface area contributed by atoms with Crippen molar-refractivity contribution in [3.05, 3.63) is 75.8 Å². The number of carboxylic acid groups (broad SMARTS) is 2. The molecule has 10 nitrogen and oxygen atoms in total. The lowest BCUT2D eigenvalue weighted by Gasteiger charge is -2.38. The molecule has 0 bridgehead atoms. The maximum absolute atomic E-state index is 13.2. The lowest BCUT2D eigenvalue weighted by Crippen LogP contribution is -2.47. The number of benzene rings is 2. The number of rotatable bonds is 6. The Balaban J connectivity index is 0.000000568. The minimum Gasteiger partial charge on any atom is -0.473 e. The number of nitro benzene ring substituents is 1. The predicted octanol–water partition coefficient (Wildman–Crippen LogP) is 3.44. The molecular weight excluding hydrogens is 478 g/mol. The molecule has 0 spiro atoms. The quantitative estimate of drug-likeness (QED) is 0.341. The SMILES string of the molecule is O=C(C1CCCN(Cc2cccc([N+](=O)[O-])c2)C1)N1CCC(Cc2ccccc2)CC1.O=C(O)C(=O)O. The molecular formula is C27H33N3O7. The molecule has 198 valence electrons. The molecule has 1 amide bonds. The first-order valence-corrected chi connectivity index (χ1v) is 12.5. The van der Waals surface area contributed by atoms with Gasteiger partial charge in [0.15, 0.2) is 0 Å². The second-order valence-corrected chi connectivity index (χ2v) is 9.57. The molecule has 2 aliphatic rings. The number of carboxylic acids is 2. The highest BCUT2D eigenvalue weighted by molar-refractivity contribution is 6.27. The van der Waals surface area contributed by atoms with Crippen LogP contribution in [0.3, 0.4) is 0 Å². The molecule has 2 aromatic rings. The number of hydrogen-bond donors (Lipinski definition) is 2. The fraction of sp³-hybridized carbons (Fsp3) is 0.444. The lowest BCUT2D eigenvalue weighted by atomic mass is 9.89. The average molecular weight is 512 g/mol. The van der Waals surface area contributed by atoms with Crippen molar-refractivity contribution in [1.82, 2.24) is 9.80 Å². The Morgan fingerprint density at radius 1 is 0.892 bits per heavy atom. The Morgan fingerprint density at radius 2 is 1.54 bits per heavy atom. The molecule has 10 heteroatoms. The second-order valence-electron chi connectivity index (χ2n) is 9.57. The van der Waals surface area contributed by atoms with Gasteiger partial charge in [-0.3, -0.25) is 19.8 Å². The minimum atomic E-state index is -1.82. The maximum Gasteiger partial charge on any atom is 0.414 e. The van der Waals surface area contributed by atoms with E-state index < -0.39 is 11.9 Å². The van der Waals surface area contributed by atoms with E-state index in [9.17, 15) is 14.9 Å². The van der Waals surface area contributed by atoms with Crippen molar-refractivity contribution in [2.45, 2.75) is 38.6 Å². The summed E-state index contributed by atoms with van der Waals surface area (Å²) in [6.07, 6.45) is 5.18. The predicted molar refractivity (Wildman–Crippen MR) is 136 cm³/mol. The van der Waals surface area contributed by atoms with E-state index in [0.29, 0.717) is 18.4 Å². The van der Waals surface area contributed by atoms with Crippen LogP contribution in [0.15, 0.2) is 54.6 Å². The zero-order valence-corrected chi connectivity index (χ0v) is 20.7. The van der Waals surface area contributed by atoms with Crippen LogP contribution < -0.4 is 0 Å². The zero-order chi connectivity index (χ0) is 26.8. The van der Waals surface area contributed by atoms with Gasteiger partial charge >= 0.3 is 11.9 Å². The summed E-state index contributed by atoms with van der Waals surface area (Å²) in [5.74, 6) is -2.66. The van der Waals surface area contributed by atoms with Gasteiger partial charge in [-0.15, -0.1) is 0 Å². The Labute approximate surface area is 215 Å². The molecule has 2 heterocycles. The number of carbonyl (C=O) groups is 3. The molecule has 2 saturated heterocycles. The monoisotopic (exact) mass is 511 g/mol. The summed E-state index contributed by atoms with van der Waals surface area (Å²) in [4.78, 5) is 46.4. The van der Waals surface area contributed by atoms with Crippen LogP contribution in [-0.2, 0) is 27.3 Å². The summed E-state index contributed by atoms with van der Waals surface area (Å²) in [6, 6.07) is 17.4. The number of nitro groups is 1. The van der Waals surface area contributed by atoms with Crippen molar-refractivity contribution in [3.63, 3.8) is 0 Å². The first-order valence-electron chi connectivity index (χ1n) is 12.5. The second kappa shape index (κ2) is 13.5. The minimum absolute atomic E-state index is 0.0399. The Bertz CT molecular complexity index is 1070. The highest BCUT2D eigenvalue weighted by atomic mass is 16.6. The van der Waals surface area contributed by atoms with Crippen molar-refractivity contribution >= 4 is 23.5 Å². The maximum atomic E-state index is 13.2. The number of amides is 1. The number of nitrogens with zero attached hydrogens (tertiary/aromatic N) is 3. The molecule has 0 radical (unpaired) electrons. The van der Waals surface area contributed by atoms with Crippen molar-refractivity contribution < 1.29 is 29.5 Å². The summed E-state index contributed by atoms with van der Waals surface area (Å²) >= 11 is 0. The van der Waals surface area contributed by atoms with Crippen molar-refractivity contribution in [1.29, 1.82) is 0 Å². The number of carbonyl (C=O) groups excluding carboxylic acids is 1. The van der Waals surface area contributed by atoms with E-state index in [0.717, 1.165) is 63.8 Å². The highest BCUT2D eigenvalue weighted by Crippen LogP contribution is 2.26. The number of non-ortho nitro benzene ring substituents is 1. The van der Waals surface area contributed by atoms with E-state index in [4.69, 9.17) is 19.8 Å². The Hall–Kier alpha value is -3.79. The Morgan fingerprint density at radius 3 is 2.16 bits per heavy atom.